The van der Waals surface area contributed by atoms with Crippen molar-refractivity contribution in [2.45, 2.75) is 25.8 Å². The van der Waals surface area contributed by atoms with E-state index in [1.807, 2.05) is 36.5 Å². The summed E-state index contributed by atoms with van der Waals surface area (Å²) in [6.45, 7) is 9.22. The normalized spacial score (nSPS) is 18.6. The zero-order valence-electron chi connectivity index (χ0n) is 17.3. The second kappa shape index (κ2) is 7.84. The second-order valence-corrected chi connectivity index (χ2v) is 8.95. The molecule has 1 N–H and O–H groups in total. The number of carbonyl (C=O) groups is 1. The molecular formula is C22H28ClN5O. The Labute approximate surface area is 177 Å². The number of anilines is 2. The zero-order chi connectivity index (χ0) is 20.6. The number of piperazine rings is 1. The molecule has 0 atom stereocenters. The second-order valence-electron chi connectivity index (χ2n) is 8.54. The summed E-state index contributed by atoms with van der Waals surface area (Å²) in [7, 11) is 2.14. The summed E-state index contributed by atoms with van der Waals surface area (Å²) in [4.78, 5) is 24.1. The summed E-state index contributed by atoms with van der Waals surface area (Å²) in [5.41, 5.74) is 2.79. The first-order valence-corrected chi connectivity index (χ1v) is 10.5. The lowest BCUT2D eigenvalue weighted by Crippen LogP contribution is -2.45. The SMILES string of the molecule is CN1CCN(c2ncccc2CNC(=O)N2CC(C)(C)c3c(Cl)cccc32)CC1. The third kappa shape index (κ3) is 3.91. The molecule has 0 saturated carbocycles. The number of pyridine rings is 1. The molecule has 6 nitrogen and oxygen atoms in total. The first-order chi connectivity index (χ1) is 13.9. The van der Waals surface area contributed by atoms with Crippen molar-refractivity contribution in [1.29, 1.82) is 0 Å². The van der Waals surface area contributed by atoms with Crippen LogP contribution in [0.2, 0.25) is 5.02 Å². The summed E-state index contributed by atoms with van der Waals surface area (Å²) >= 11 is 6.44. The van der Waals surface area contributed by atoms with Gasteiger partial charge in [0.05, 0.1) is 5.69 Å². The highest BCUT2D eigenvalue weighted by Crippen LogP contribution is 2.44. The molecular weight excluding hydrogens is 386 g/mol. The van der Waals surface area contributed by atoms with E-state index < -0.39 is 0 Å². The molecule has 0 unspecified atom stereocenters. The largest absolute Gasteiger partial charge is 0.354 e. The van der Waals surface area contributed by atoms with E-state index in [9.17, 15) is 4.79 Å². The van der Waals surface area contributed by atoms with Gasteiger partial charge in [-0.05, 0) is 25.2 Å². The topological polar surface area (TPSA) is 51.7 Å². The average molecular weight is 414 g/mol. The van der Waals surface area contributed by atoms with Gasteiger partial charge < -0.3 is 15.1 Å². The van der Waals surface area contributed by atoms with E-state index in [0.717, 1.165) is 48.8 Å². The predicted octanol–water partition coefficient (Wildman–Crippen LogP) is 3.49. The van der Waals surface area contributed by atoms with Crippen LogP contribution < -0.4 is 15.1 Å². The summed E-state index contributed by atoms with van der Waals surface area (Å²) in [6, 6.07) is 9.62. The maximum Gasteiger partial charge on any atom is 0.322 e. The molecule has 0 spiro atoms. The van der Waals surface area contributed by atoms with Crippen molar-refractivity contribution in [1.82, 2.24) is 15.2 Å². The molecule has 1 saturated heterocycles. The number of hydrogen-bond donors (Lipinski definition) is 1. The molecule has 1 fully saturated rings. The van der Waals surface area contributed by atoms with Crippen LogP contribution in [0, 0.1) is 0 Å². The standard InChI is InChI=1S/C22H28ClN5O/c1-22(2)15-28(18-8-4-7-17(23)19(18)22)21(29)25-14-16-6-5-9-24-20(16)27-12-10-26(3)11-13-27/h4-9H,10-15H2,1-3H3,(H,25,29). The number of carbonyl (C=O) groups excluding carboxylic acids is 1. The smallest absolute Gasteiger partial charge is 0.322 e. The van der Waals surface area contributed by atoms with E-state index in [4.69, 9.17) is 11.6 Å². The summed E-state index contributed by atoms with van der Waals surface area (Å²) < 4.78 is 0. The number of halogens is 1. The highest BCUT2D eigenvalue weighted by Gasteiger charge is 2.39. The van der Waals surface area contributed by atoms with Crippen LogP contribution in [-0.4, -0.2) is 55.7 Å². The molecule has 0 radical (unpaired) electrons. The Morgan fingerprint density at radius 1 is 1.17 bits per heavy atom. The van der Waals surface area contributed by atoms with E-state index in [1.54, 1.807) is 4.90 Å². The van der Waals surface area contributed by atoms with Crippen LogP contribution in [0.15, 0.2) is 36.5 Å². The quantitative estimate of drug-likeness (QED) is 0.836. The molecule has 3 heterocycles. The van der Waals surface area contributed by atoms with Gasteiger partial charge in [0.15, 0.2) is 0 Å². The third-order valence-electron chi connectivity index (χ3n) is 5.86. The van der Waals surface area contributed by atoms with Gasteiger partial charge in [-0.2, -0.15) is 0 Å². The number of benzene rings is 1. The monoisotopic (exact) mass is 413 g/mol. The first-order valence-electron chi connectivity index (χ1n) is 10.1. The Bertz CT molecular complexity index is 908. The fourth-order valence-corrected chi connectivity index (χ4v) is 4.71. The lowest BCUT2D eigenvalue weighted by Gasteiger charge is -2.34. The lowest BCUT2D eigenvalue weighted by molar-refractivity contribution is 0.245. The molecule has 0 bridgehead atoms. The first kappa shape index (κ1) is 20.0. The number of fused-ring (bicyclic) bond motifs is 1. The fourth-order valence-electron chi connectivity index (χ4n) is 4.29. The van der Waals surface area contributed by atoms with Crippen molar-refractivity contribution in [2.24, 2.45) is 0 Å². The summed E-state index contributed by atoms with van der Waals surface area (Å²) in [5.74, 6) is 0.964. The van der Waals surface area contributed by atoms with Gasteiger partial charge in [0, 0.05) is 67.0 Å². The van der Waals surface area contributed by atoms with E-state index in [-0.39, 0.29) is 11.4 Å². The van der Waals surface area contributed by atoms with Crippen LogP contribution in [0.5, 0.6) is 0 Å². The van der Waals surface area contributed by atoms with Crippen LogP contribution in [-0.2, 0) is 12.0 Å². The van der Waals surface area contributed by atoms with E-state index in [1.165, 1.54) is 0 Å². The van der Waals surface area contributed by atoms with Crippen LogP contribution in [0.3, 0.4) is 0 Å². The molecule has 2 aliphatic heterocycles. The van der Waals surface area contributed by atoms with Crippen molar-refractivity contribution in [3.05, 3.63) is 52.7 Å². The van der Waals surface area contributed by atoms with Crippen molar-refractivity contribution in [2.75, 3.05) is 49.6 Å². The van der Waals surface area contributed by atoms with Crippen molar-refractivity contribution < 1.29 is 4.79 Å². The van der Waals surface area contributed by atoms with Gasteiger partial charge in [-0.25, -0.2) is 9.78 Å². The number of hydrogen-bond acceptors (Lipinski definition) is 4. The van der Waals surface area contributed by atoms with Gasteiger partial charge in [0.1, 0.15) is 5.82 Å². The highest BCUT2D eigenvalue weighted by molar-refractivity contribution is 6.32. The number of rotatable bonds is 3. The molecule has 154 valence electrons. The molecule has 2 amide bonds. The third-order valence-corrected chi connectivity index (χ3v) is 6.17. The molecule has 2 aromatic rings. The number of amides is 2. The van der Waals surface area contributed by atoms with Gasteiger partial charge in [-0.15, -0.1) is 0 Å². The molecule has 7 heteroatoms. The van der Waals surface area contributed by atoms with Crippen LogP contribution in [0.4, 0.5) is 16.3 Å². The van der Waals surface area contributed by atoms with E-state index in [2.05, 4.69) is 41.0 Å². The number of urea groups is 1. The van der Waals surface area contributed by atoms with Crippen LogP contribution in [0.1, 0.15) is 25.0 Å². The number of nitrogens with one attached hydrogen (secondary N) is 1. The lowest BCUT2D eigenvalue weighted by atomic mass is 9.87. The number of nitrogens with zero attached hydrogens (tertiary/aromatic N) is 4. The number of aromatic nitrogens is 1. The van der Waals surface area contributed by atoms with Gasteiger partial charge >= 0.3 is 6.03 Å². The van der Waals surface area contributed by atoms with E-state index in [0.29, 0.717) is 18.1 Å². The summed E-state index contributed by atoms with van der Waals surface area (Å²) in [5, 5.41) is 3.81. The van der Waals surface area contributed by atoms with E-state index >= 15 is 0 Å². The average Bonchev–Trinajstić information content (AvgIpc) is 2.99. The summed E-state index contributed by atoms with van der Waals surface area (Å²) in [6.07, 6.45) is 1.82. The van der Waals surface area contributed by atoms with Gasteiger partial charge in [-0.3, -0.25) is 4.90 Å². The maximum absolute atomic E-state index is 13.0. The van der Waals surface area contributed by atoms with Gasteiger partial charge in [-0.1, -0.05) is 37.6 Å². The Morgan fingerprint density at radius 2 is 1.93 bits per heavy atom. The minimum Gasteiger partial charge on any atom is -0.354 e. The molecule has 0 aliphatic carbocycles. The minimum atomic E-state index is -0.176. The Morgan fingerprint density at radius 3 is 2.69 bits per heavy atom. The van der Waals surface area contributed by atoms with Crippen molar-refractivity contribution in [3.63, 3.8) is 0 Å². The molecule has 1 aromatic carbocycles. The van der Waals surface area contributed by atoms with Crippen LogP contribution in [0.25, 0.3) is 0 Å². The highest BCUT2D eigenvalue weighted by atomic mass is 35.5. The molecule has 2 aliphatic rings. The molecule has 1 aromatic heterocycles. The van der Waals surface area contributed by atoms with Gasteiger partial charge in [0.25, 0.3) is 0 Å². The molecule has 4 rings (SSSR count). The van der Waals surface area contributed by atoms with Crippen LogP contribution >= 0.6 is 11.6 Å². The fraction of sp³-hybridized carbons (Fsp3) is 0.455. The Balaban J connectivity index is 1.49. The minimum absolute atomic E-state index is 0.104. The Kier molecular flexibility index (Phi) is 5.40. The molecule has 29 heavy (non-hydrogen) atoms. The van der Waals surface area contributed by atoms with Gasteiger partial charge in [0.2, 0.25) is 0 Å². The van der Waals surface area contributed by atoms with Crippen molar-refractivity contribution in [3.8, 4) is 0 Å². The number of likely N-dealkylation sites (N-methyl/N-ethyl adjacent to an activating group) is 1. The zero-order valence-corrected chi connectivity index (χ0v) is 18.0. The predicted molar refractivity (Wildman–Crippen MR) is 118 cm³/mol. The maximum atomic E-state index is 13.0. The van der Waals surface area contributed by atoms with Crippen molar-refractivity contribution >= 4 is 29.1 Å². The Hall–Kier alpha value is -2.31.